The van der Waals surface area contributed by atoms with E-state index in [0.29, 0.717) is 4.47 Å². The van der Waals surface area contributed by atoms with Crippen LogP contribution in [0, 0.1) is 11.6 Å². The fourth-order valence-corrected chi connectivity index (χ4v) is 1.93. The molecule has 2 rings (SSSR count). The molecule has 0 heterocycles. The van der Waals surface area contributed by atoms with Crippen LogP contribution < -0.4 is 10.5 Å². The van der Waals surface area contributed by atoms with Crippen molar-refractivity contribution < 1.29 is 23.4 Å². The molecule has 20 heavy (non-hydrogen) atoms. The highest BCUT2D eigenvalue weighted by molar-refractivity contribution is 9.10. The van der Waals surface area contributed by atoms with Crippen molar-refractivity contribution in [2.24, 2.45) is 0 Å². The Morgan fingerprint density at radius 2 is 1.90 bits per heavy atom. The van der Waals surface area contributed by atoms with E-state index in [4.69, 9.17) is 15.6 Å². The smallest absolute Gasteiger partial charge is 0.338 e. The minimum Gasteiger partial charge on any atom is -0.478 e. The highest BCUT2D eigenvalue weighted by atomic mass is 79.9. The molecule has 2 aromatic rings. The number of carbonyl (C=O) groups is 1. The highest BCUT2D eigenvalue weighted by Crippen LogP contribution is 2.34. The summed E-state index contributed by atoms with van der Waals surface area (Å²) in [5.41, 5.74) is 5.02. The summed E-state index contributed by atoms with van der Waals surface area (Å²) in [7, 11) is 0. The number of halogens is 3. The van der Waals surface area contributed by atoms with E-state index in [2.05, 4.69) is 15.9 Å². The van der Waals surface area contributed by atoms with Crippen LogP contribution in [-0.4, -0.2) is 11.1 Å². The number of rotatable bonds is 3. The lowest BCUT2D eigenvalue weighted by molar-refractivity contribution is 0.0692. The molecule has 0 aromatic heterocycles. The van der Waals surface area contributed by atoms with Crippen LogP contribution in [0.3, 0.4) is 0 Å². The standard InChI is InChI=1S/C13H8BrF2NO3/c14-8-3-6(15)1-2-11(8)20-12-5-9(16)7(13(18)19)4-10(12)17/h1-5H,17H2,(H,18,19). The number of aromatic carboxylic acids is 1. The van der Waals surface area contributed by atoms with Gasteiger partial charge in [0.1, 0.15) is 17.4 Å². The molecule has 0 aliphatic carbocycles. The van der Waals surface area contributed by atoms with Crippen LogP contribution in [-0.2, 0) is 0 Å². The Bertz CT molecular complexity index is 692. The van der Waals surface area contributed by atoms with Gasteiger partial charge in [-0.05, 0) is 40.2 Å². The van der Waals surface area contributed by atoms with E-state index < -0.39 is 23.2 Å². The lowest BCUT2D eigenvalue weighted by Crippen LogP contribution is -2.03. The van der Waals surface area contributed by atoms with Gasteiger partial charge in [0, 0.05) is 6.07 Å². The Kier molecular flexibility index (Phi) is 3.89. The zero-order chi connectivity index (χ0) is 14.9. The lowest BCUT2D eigenvalue weighted by Gasteiger charge is -2.11. The number of hydrogen-bond donors (Lipinski definition) is 2. The minimum absolute atomic E-state index is 0.0416. The molecule has 0 amide bonds. The molecule has 0 radical (unpaired) electrons. The molecule has 0 fully saturated rings. The number of nitrogens with two attached hydrogens (primary N) is 1. The van der Waals surface area contributed by atoms with Gasteiger partial charge in [0.15, 0.2) is 5.75 Å². The fourth-order valence-electron chi connectivity index (χ4n) is 1.50. The molecule has 0 spiro atoms. The van der Waals surface area contributed by atoms with Crippen LogP contribution >= 0.6 is 15.9 Å². The zero-order valence-corrected chi connectivity index (χ0v) is 11.4. The summed E-state index contributed by atoms with van der Waals surface area (Å²) in [6.45, 7) is 0. The van der Waals surface area contributed by atoms with E-state index in [0.717, 1.165) is 18.2 Å². The van der Waals surface area contributed by atoms with Gasteiger partial charge in [0.2, 0.25) is 0 Å². The van der Waals surface area contributed by atoms with Crippen molar-refractivity contribution in [3.8, 4) is 11.5 Å². The Balaban J connectivity index is 2.39. The Morgan fingerprint density at radius 1 is 1.20 bits per heavy atom. The normalized spacial score (nSPS) is 10.3. The highest BCUT2D eigenvalue weighted by Gasteiger charge is 2.15. The quantitative estimate of drug-likeness (QED) is 0.831. The predicted molar refractivity (Wildman–Crippen MR) is 71.9 cm³/mol. The van der Waals surface area contributed by atoms with Crippen molar-refractivity contribution >= 4 is 27.6 Å². The van der Waals surface area contributed by atoms with Crippen LogP contribution in [0.5, 0.6) is 11.5 Å². The van der Waals surface area contributed by atoms with Gasteiger partial charge in [0.05, 0.1) is 15.7 Å². The van der Waals surface area contributed by atoms with E-state index in [1.807, 2.05) is 0 Å². The maximum Gasteiger partial charge on any atom is 0.338 e. The SMILES string of the molecule is Nc1cc(C(=O)O)c(F)cc1Oc1ccc(F)cc1Br. The molecule has 0 aliphatic heterocycles. The number of nitrogen functional groups attached to an aromatic ring is 1. The van der Waals surface area contributed by atoms with Crippen molar-refractivity contribution in [1.82, 2.24) is 0 Å². The second kappa shape index (κ2) is 5.46. The van der Waals surface area contributed by atoms with E-state index >= 15 is 0 Å². The first-order chi connectivity index (χ1) is 9.38. The van der Waals surface area contributed by atoms with E-state index in [1.54, 1.807) is 0 Å². The summed E-state index contributed by atoms with van der Waals surface area (Å²) in [6.07, 6.45) is 0. The second-order valence-electron chi connectivity index (χ2n) is 3.85. The first-order valence-corrected chi connectivity index (χ1v) is 6.13. The first-order valence-electron chi connectivity index (χ1n) is 5.33. The third kappa shape index (κ3) is 2.88. The summed E-state index contributed by atoms with van der Waals surface area (Å²) in [6, 6.07) is 5.51. The lowest BCUT2D eigenvalue weighted by atomic mass is 10.1. The second-order valence-corrected chi connectivity index (χ2v) is 4.71. The molecule has 0 saturated carbocycles. The molecule has 2 aromatic carbocycles. The van der Waals surface area contributed by atoms with Gasteiger partial charge in [-0.25, -0.2) is 13.6 Å². The van der Waals surface area contributed by atoms with E-state index in [1.165, 1.54) is 12.1 Å². The van der Waals surface area contributed by atoms with Crippen molar-refractivity contribution in [3.05, 3.63) is 52.0 Å². The number of ether oxygens (including phenoxy) is 1. The summed E-state index contributed by atoms with van der Waals surface area (Å²) in [4.78, 5) is 10.7. The largest absolute Gasteiger partial charge is 0.478 e. The molecular weight excluding hydrogens is 336 g/mol. The van der Waals surface area contributed by atoms with Crippen LogP contribution in [0.1, 0.15) is 10.4 Å². The third-order valence-electron chi connectivity index (χ3n) is 2.44. The first kappa shape index (κ1) is 14.3. The molecule has 3 N–H and O–H groups in total. The monoisotopic (exact) mass is 343 g/mol. The van der Waals surface area contributed by atoms with Crippen LogP contribution in [0.25, 0.3) is 0 Å². The van der Waals surface area contributed by atoms with Crippen molar-refractivity contribution in [2.75, 3.05) is 5.73 Å². The average molecular weight is 344 g/mol. The van der Waals surface area contributed by atoms with Crippen LogP contribution in [0.4, 0.5) is 14.5 Å². The molecule has 0 saturated heterocycles. The van der Waals surface area contributed by atoms with Crippen molar-refractivity contribution in [2.45, 2.75) is 0 Å². The van der Waals surface area contributed by atoms with Crippen LogP contribution in [0.2, 0.25) is 0 Å². The molecule has 104 valence electrons. The Labute approximate surface area is 120 Å². The van der Waals surface area contributed by atoms with Crippen molar-refractivity contribution in [1.29, 1.82) is 0 Å². The Hall–Kier alpha value is -2.15. The molecule has 0 aliphatic rings. The number of hydrogen-bond acceptors (Lipinski definition) is 3. The average Bonchev–Trinajstić information content (AvgIpc) is 2.36. The van der Waals surface area contributed by atoms with Crippen LogP contribution in [0.15, 0.2) is 34.8 Å². The number of carboxylic acid groups (broad SMARTS) is 1. The third-order valence-corrected chi connectivity index (χ3v) is 3.06. The van der Waals surface area contributed by atoms with Gasteiger partial charge < -0.3 is 15.6 Å². The molecular formula is C13H8BrF2NO3. The molecule has 0 unspecified atom stereocenters. The predicted octanol–water partition coefficient (Wildman–Crippen LogP) is 3.80. The van der Waals surface area contributed by atoms with Gasteiger partial charge in [-0.15, -0.1) is 0 Å². The molecule has 0 atom stereocenters. The minimum atomic E-state index is -1.43. The number of benzene rings is 2. The van der Waals surface area contributed by atoms with Gasteiger partial charge in [-0.3, -0.25) is 0 Å². The summed E-state index contributed by atoms with van der Waals surface area (Å²) in [5.74, 6) is -2.70. The maximum atomic E-state index is 13.6. The molecule has 4 nitrogen and oxygen atoms in total. The van der Waals surface area contributed by atoms with Gasteiger partial charge in [-0.1, -0.05) is 0 Å². The summed E-state index contributed by atoms with van der Waals surface area (Å²) >= 11 is 3.09. The van der Waals surface area contributed by atoms with Crippen molar-refractivity contribution in [3.63, 3.8) is 0 Å². The van der Waals surface area contributed by atoms with E-state index in [9.17, 15) is 13.6 Å². The Morgan fingerprint density at radius 3 is 2.50 bits per heavy atom. The zero-order valence-electron chi connectivity index (χ0n) is 9.86. The number of anilines is 1. The molecule has 7 heteroatoms. The topological polar surface area (TPSA) is 72.6 Å². The van der Waals surface area contributed by atoms with Gasteiger partial charge in [-0.2, -0.15) is 0 Å². The molecule has 0 bridgehead atoms. The van der Waals surface area contributed by atoms with E-state index in [-0.39, 0.29) is 17.2 Å². The summed E-state index contributed by atoms with van der Waals surface area (Å²) in [5, 5.41) is 8.76. The summed E-state index contributed by atoms with van der Waals surface area (Å²) < 4.78 is 32.2. The van der Waals surface area contributed by atoms with Gasteiger partial charge in [0.25, 0.3) is 0 Å². The van der Waals surface area contributed by atoms with Gasteiger partial charge >= 0.3 is 5.97 Å². The maximum absolute atomic E-state index is 13.6. The number of carboxylic acids is 1. The fraction of sp³-hybridized carbons (Fsp3) is 0.